The molecular weight excluding hydrogens is 301 g/mol. The zero-order chi connectivity index (χ0) is 11.5. The highest BCUT2D eigenvalue weighted by Gasteiger charge is 2.32. The Kier molecular flexibility index (Phi) is 4.87. The predicted molar refractivity (Wildman–Crippen MR) is 72.4 cm³/mol. The molecule has 15 heavy (non-hydrogen) atoms. The average molecular weight is 323 g/mol. The second-order valence-corrected chi connectivity index (χ2v) is 7.28. The van der Waals surface area contributed by atoms with Gasteiger partial charge in [0.15, 0.2) is 0 Å². The number of nitrogens with zero attached hydrogens (tertiary/aromatic N) is 1. The van der Waals surface area contributed by atoms with Gasteiger partial charge in [-0.1, -0.05) is 35.9 Å². The Morgan fingerprint density at radius 2 is 2.07 bits per heavy atom. The van der Waals surface area contributed by atoms with Gasteiger partial charge in [-0.3, -0.25) is 4.79 Å². The largest absolute Gasteiger partial charge is 0.338 e. The molecule has 1 fully saturated rings. The van der Waals surface area contributed by atoms with Crippen LogP contribution in [0.4, 0.5) is 0 Å². The monoisotopic (exact) mass is 323 g/mol. The third kappa shape index (κ3) is 3.93. The van der Waals surface area contributed by atoms with Crippen molar-refractivity contribution >= 4 is 28.5 Å². The number of hydrogen-bond acceptors (Lipinski definition) is 1. The molecule has 0 spiro atoms. The van der Waals surface area contributed by atoms with Gasteiger partial charge in [0, 0.05) is 22.4 Å². The van der Waals surface area contributed by atoms with Gasteiger partial charge in [-0.05, 0) is 33.1 Å². The van der Waals surface area contributed by atoms with Crippen LogP contribution in [0, 0.1) is 0 Å². The van der Waals surface area contributed by atoms with Crippen molar-refractivity contribution in [2.45, 2.75) is 62.3 Å². The number of carbonyl (C=O) groups is 1. The van der Waals surface area contributed by atoms with Crippen molar-refractivity contribution in [1.82, 2.24) is 4.90 Å². The lowest BCUT2D eigenvalue weighted by Crippen LogP contribution is -2.48. The Morgan fingerprint density at radius 1 is 1.40 bits per heavy atom. The molecule has 3 heteroatoms. The summed E-state index contributed by atoms with van der Waals surface area (Å²) in [6.07, 6.45) is 5.28. The second kappa shape index (κ2) is 5.51. The van der Waals surface area contributed by atoms with Gasteiger partial charge in [0.1, 0.15) is 0 Å². The molecule has 1 saturated heterocycles. The van der Waals surface area contributed by atoms with Gasteiger partial charge in [-0.25, -0.2) is 0 Å². The van der Waals surface area contributed by atoms with Gasteiger partial charge in [-0.15, -0.1) is 0 Å². The van der Waals surface area contributed by atoms with Crippen LogP contribution in [-0.2, 0) is 4.79 Å². The summed E-state index contributed by atoms with van der Waals surface area (Å²) in [7, 11) is 0. The molecule has 0 radical (unpaired) electrons. The van der Waals surface area contributed by atoms with Gasteiger partial charge >= 0.3 is 0 Å². The van der Waals surface area contributed by atoms with Crippen molar-refractivity contribution in [1.29, 1.82) is 0 Å². The van der Waals surface area contributed by atoms with E-state index in [1.165, 1.54) is 12.8 Å². The Morgan fingerprint density at radius 3 is 2.67 bits per heavy atom. The summed E-state index contributed by atoms with van der Waals surface area (Å²) in [5, 5.41) is 0. The molecule has 1 amide bonds. The van der Waals surface area contributed by atoms with Crippen molar-refractivity contribution in [2.24, 2.45) is 0 Å². The minimum Gasteiger partial charge on any atom is -0.338 e. The molecule has 0 aromatic rings. The maximum Gasteiger partial charge on any atom is 0.223 e. The lowest BCUT2D eigenvalue weighted by Gasteiger charge is -2.39. The van der Waals surface area contributed by atoms with E-state index in [0.29, 0.717) is 9.83 Å². The quantitative estimate of drug-likeness (QED) is 0.576. The first kappa shape index (κ1) is 13.3. The SMILES string of the molecule is CC(I)CC(C)(C)N1CCCCCC1=O. The van der Waals surface area contributed by atoms with Crippen LogP contribution in [0.25, 0.3) is 0 Å². The molecule has 1 unspecified atom stereocenters. The van der Waals surface area contributed by atoms with Crippen LogP contribution in [0.1, 0.15) is 52.9 Å². The molecule has 1 rings (SSSR count). The maximum absolute atomic E-state index is 12.0. The number of alkyl halides is 1. The van der Waals surface area contributed by atoms with Gasteiger partial charge in [0.05, 0.1) is 0 Å². The highest BCUT2D eigenvalue weighted by molar-refractivity contribution is 14.1. The van der Waals surface area contributed by atoms with E-state index in [1.54, 1.807) is 0 Å². The van der Waals surface area contributed by atoms with Crippen LogP contribution in [0.2, 0.25) is 0 Å². The number of halogens is 1. The average Bonchev–Trinajstić information content (AvgIpc) is 2.27. The Hall–Kier alpha value is 0.200. The van der Waals surface area contributed by atoms with Gasteiger partial charge in [0.25, 0.3) is 0 Å². The van der Waals surface area contributed by atoms with Crippen molar-refractivity contribution in [3.8, 4) is 0 Å². The number of carbonyl (C=O) groups excluding carboxylic acids is 1. The van der Waals surface area contributed by atoms with Crippen LogP contribution < -0.4 is 0 Å². The Balaban J connectivity index is 2.69. The fraction of sp³-hybridized carbons (Fsp3) is 0.917. The summed E-state index contributed by atoms with van der Waals surface area (Å²) >= 11 is 2.44. The summed E-state index contributed by atoms with van der Waals surface area (Å²) < 4.78 is 0.619. The summed E-state index contributed by atoms with van der Waals surface area (Å²) in [5.74, 6) is 0.356. The predicted octanol–water partition coefficient (Wildman–Crippen LogP) is 3.38. The highest BCUT2D eigenvalue weighted by atomic mass is 127. The molecule has 0 saturated carbocycles. The number of rotatable bonds is 3. The van der Waals surface area contributed by atoms with Crippen LogP contribution in [0.15, 0.2) is 0 Å². The molecule has 1 atom stereocenters. The van der Waals surface area contributed by atoms with Crippen molar-refractivity contribution < 1.29 is 4.79 Å². The molecule has 1 heterocycles. The lowest BCUT2D eigenvalue weighted by molar-refractivity contribution is -0.136. The molecule has 0 aliphatic carbocycles. The minimum atomic E-state index is 0.0298. The number of likely N-dealkylation sites (tertiary alicyclic amines) is 1. The fourth-order valence-corrected chi connectivity index (χ4v) is 3.50. The first-order valence-corrected chi connectivity index (χ1v) is 7.12. The lowest BCUT2D eigenvalue weighted by atomic mass is 9.96. The van der Waals surface area contributed by atoms with Gasteiger partial charge in [0.2, 0.25) is 5.91 Å². The van der Waals surface area contributed by atoms with Crippen molar-refractivity contribution in [2.75, 3.05) is 6.54 Å². The smallest absolute Gasteiger partial charge is 0.223 e. The summed E-state index contributed by atoms with van der Waals surface area (Å²) in [4.78, 5) is 14.1. The Labute approximate surface area is 107 Å². The van der Waals surface area contributed by atoms with E-state index in [0.717, 1.165) is 25.8 Å². The van der Waals surface area contributed by atoms with Gasteiger partial charge in [-0.2, -0.15) is 0 Å². The molecule has 0 aromatic heterocycles. The molecule has 0 bridgehead atoms. The highest BCUT2D eigenvalue weighted by Crippen LogP contribution is 2.27. The maximum atomic E-state index is 12.0. The normalized spacial score (nSPS) is 21.3. The fourth-order valence-electron chi connectivity index (χ4n) is 2.42. The van der Waals surface area contributed by atoms with Crippen LogP contribution in [0.5, 0.6) is 0 Å². The third-order valence-corrected chi connectivity index (χ3v) is 3.53. The molecule has 1 aliphatic heterocycles. The van der Waals surface area contributed by atoms with E-state index in [-0.39, 0.29) is 5.54 Å². The summed E-state index contributed by atoms with van der Waals surface area (Å²) in [6, 6.07) is 0. The van der Waals surface area contributed by atoms with E-state index < -0.39 is 0 Å². The summed E-state index contributed by atoms with van der Waals surface area (Å²) in [6.45, 7) is 7.57. The third-order valence-electron chi connectivity index (χ3n) is 3.08. The molecule has 0 aromatic carbocycles. The number of amides is 1. The van der Waals surface area contributed by atoms with Crippen LogP contribution in [-0.4, -0.2) is 26.8 Å². The summed E-state index contributed by atoms with van der Waals surface area (Å²) in [5.41, 5.74) is 0.0298. The zero-order valence-electron chi connectivity index (χ0n) is 10.1. The topological polar surface area (TPSA) is 20.3 Å². The zero-order valence-corrected chi connectivity index (χ0v) is 12.2. The van der Waals surface area contributed by atoms with Gasteiger partial charge < -0.3 is 4.90 Å². The standard InChI is InChI=1S/C12H22INO/c1-10(13)9-12(2,3)14-8-6-4-5-7-11(14)15/h10H,4-9H2,1-3H3. The molecule has 0 N–H and O–H groups in total. The van der Waals surface area contributed by atoms with Crippen LogP contribution >= 0.6 is 22.6 Å². The van der Waals surface area contributed by atoms with Crippen molar-refractivity contribution in [3.63, 3.8) is 0 Å². The molecule has 2 nitrogen and oxygen atoms in total. The molecule has 1 aliphatic rings. The molecular formula is C12H22INO. The number of hydrogen-bond donors (Lipinski definition) is 0. The van der Waals surface area contributed by atoms with E-state index >= 15 is 0 Å². The first-order valence-electron chi connectivity index (χ1n) is 5.88. The van der Waals surface area contributed by atoms with E-state index in [1.807, 2.05) is 0 Å². The molecule has 88 valence electrons. The first-order chi connectivity index (χ1) is 6.93. The van der Waals surface area contributed by atoms with E-state index in [9.17, 15) is 4.79 Å². The Bertz CT molecular complexity index is 226. The van der Waals surface area contributed by atoms with E-state index in [2.05, 4.69) is 48.3 Å². The van der Waals surface area contributed by atoms with E-state index in [4.69, 9.17) is 0 Å². The van der Waals surface area contributed by atoms with Crippen molar-refractivity contribution in [3.05, 3.63) is 0 Å². The minimum absolute atomic E-state index is 0.0298. The van der Waals surface area contributed by atoms with Crippen LogP contribution in [0.3, 0.4) is 0 Å². The second-order valence-electron chi connectivity index (χ2n) is 5.15.